The van der Waals surface area contributed by atoms with Gasteiger partial charge in [0.1, 0.15) is 5.75 Å². The quantitative estimate of drug-likeness (QED) is 0.405. The van der Waals surface area contributed by atoms with Gasteiger partial charge in [0, 0.05) is 31.9 Å². The largest absolute Gasteiger partial charge is 0.497 e. The van der Waals surface area contributed by atoms with Gasteiger partial charge in [0.25, 0.3) is 0 Å². The van der Waals surface area contributed by atoms with Crippen molar-refractivity contribution < 1.29 is 14.3 Å². The Labute approximate surface area is 184 Å². The lowest BCUT2D eigenvalue weighted by molar-refractivity contribution is -0.144. The van der Waals surface area contributed by atoms with E-state index in [9.17, 15) is 4.79 Å². The minimum absolute atomic E-state index is 0.318. The van der Waals surface area contributed by atoms with Gasteiger partial charge in [0.2, 0.25) is 0 Å². The number of benzene rings is 2. The molecule has 1 aromatic heterocycles. The highest BCUT2D eigenvalue weighted by Crippen LogP contribution is 2.31. The fourth-order valence-corrected chi connectivity index (χ4v) is 4.37. The van der Waals surface area contributed by atoms with E-state index >= 15 is 0 Å². The molecule has 7 heteroatoms. The summed E-state index contributed by atoms with van der Waals surface area (Å²) >= 11 is 13.8. The number of carbonyl (C=O) groups is 1. The van der Waals surface area contributed by atoms with Crippen molar-refractivity contribution in [1.82, 2.24) is 0 Å². The molecule has 1 unspecified atom stereocenters. The standard InChI is InChI=1S/C22H21Cl2NO3S/c1-3-28-22(26)21(25-16-6-8-17(27-2)9-7-16)20-11-10-18(29-20)12-14-4-5-15(23)13-19(14)24/h4-11,13,21,25H,3,12H2,1-2H3. The lowest BCUT2D eigenvalue weighted by Crippen LogP contribution is -2.22. The maximum atomic E-state index is 12.6. The molecule has 0 amide bonds. The number of carbonyl (C=O) groups excluding carboxylic acids is 1. The molecular formula is C22H21Cl2NO3S. The zero-order chi connectivity index (χ0) is 20.8. The van der Waals surface area contributed by atoms with Crippen molar-refractivity contribution >= 4 is 46.2 Å². The Bertz CT molecular complexity index is 972. The van der Waals surface area contributed by atoms with Crippen LogP contribution in [0.1, 0.15) is 28.3 Å². The predicted octanol–water partition coefficient (Wildman–Crippen LogP) is 6.37. The van der Waals surface area contributed by atoms with Gasteiger partial charge in [-0.3, -0.25) is 0 Å². The predicted molar refractivity (Wildman–Crippen MR) is 120 cm³/mol. The summed E-state index contributed by atoms with van der Waals surface area (Å²) in [5.74, 6) is 0.433. The van der Waals surface area contributed by atoms with Crippen LogP contribution in [-0.4, -0.2) is 19.7 Å². The van der Waals surface area contributed by atoms with Crippen LogP contribution in [0.4, 0.5) is 5.69 Å². The van der Waals surface area contributed by atoms with Gasteiger partial charge in [-0.05, 0) is 61.0 Å². The monoisotopic (exact) mass is 449 g/mol. The van der Waals surface area contributed by atoms with E-state index in [0.717, 1.165) is 26.8 Å². The molecule has 3 rings (SSSR count). The number of hydrogen-bond donors (Lipinski definition) is 1. The van der Waals surface area contributed by atoms with Crippen LogP contribution in [0, 0.1) is 0 Å². The fourth-order valence-electron chi connectivity index (χ4n) is 2.82. The molecular weight excluding hydrogens is 429 g/mol. The molecule has 0 aliphatic carbocycles. The van der Waals surface area contributed by atoms with E-state index in [1.54, 1.807) is 31.4 Å². The summed E-state index contributed by atoms with van der Waals surface area (Å²) in [5.41, 5.74) is 1.79. The summed E-state index contributed by atoms with van der Waals surface area (Å²) in [6, 6.07) is 16.3. The van der Waals surface area contributed by atoms with Gasteiger partial charge >= 0.3 is 5.97 Å². The molecule has 0 saturated heterocycles. The Balaban J connectivity index is 1.81. The zero-order valence-electron chi connectivity index (χ0n) is 16.1. The average Bonchev–Trinajstić information content (AvgIpc) is 3.17. The second-order valence-electron chi connectivity index (χ2n) is 6.27. The summed E-state index contributed by atoms with van der Waals surface area (Å²) in [6.07, 6.45) is 0.665. The molecule has 2 aromatic carbocycles. The summed E-state index contributed by atoms with van der Waals surface area (Å²) in [5, 5.41) is 4.50. The van der Waals surface area contributed by atoms with Crippen LogP contribution in [0.15, 0.2) is 54.6 Å². The number of halogens is 2. The molecule has 4 nitrogen and oxygen atoms in total. The first kappa shape index (κ1) is 21.5. The van der Waals surface area contributed by atoms with Crippen molar-refractivity contribution in [1.29, 1.82) is 0 Å². The van der Waals surface area contributed by atoms with E-state index in [0.29, 0.717) is 23.1 Å². The number of thiophene rings is 1. The SMILES string of the molecule is CCOC(=O)C(Nc1ccc(OC)cc1)c1ccc(Cc2ccc(Cl)cc2Cl)s1. The van der Waals surface area contributed by atoms with Crippen LogP contribution >= 0.6 is 34.5 Å². The van der Waals surface area contributed by atoms with Crippen molar-refractivity contribution in [2.24, 2.45) is 0 Å². The number of nitrogens with one attached hydrogen (secondary N) is 1. The molecule has 0 fully saturated rings. The number of esters is 1. The highest BCUT2D eigenvalue weighted by molar-refractivity contribution is 7.12. The Morgan fingerprint density at radius 2 is 1.86 bits per heavy atom. The molecule has 0 saturated carbocycles. The second kappa shape index (κ2) is 10.0. The highest BCUT2D eigenvalue weighted by atomic mass is 35.5. The smallest absolute Gasteiger partial charge is 0.334 e. The minimum atomic E-state index is -0.595. The molecule has 1 atom stereocenters. The van der Waals surface area contributed by atoms with Crippen molar-refractivity contribution in [2.75, 3.05) is 19.0 Å². The number of anilines is 1. The number of ether oxygens (including phenoxy) is 2. The van der Waals surface area contributed by atoms with Gasteiger partial charge in [-0.1, -0.05) is 29.3 Å². The van der Waals surface area contributed by atoms with Crippen molar-refractivity contribution in [3.05, 3.63) is 80.0 Å². The van der Waals surface area contributed by atoms with E-state index in [1.807, 2.05) is 48.5 Å². The summed E-state index contributed by atoms with van der Waals surface area (Å²) < 4.78 is 10.5. The van der Waals surface area contributed by atoms with Crippen LogP contribution in [0.2, 0.25) is 10.0 Å². The fraction of sp³-hybridized carbons (Fsp3) is 0.227. The Morgan fingerprint density at radius 3 is 2.52 bits per heavy atom. The molecule has 1 heterocycles. The summed E-state index contributed by atoms with van der Waals surface area (Å²) in [4.78, 5) is 14.6. The minimum Gasteiger partial charge on any atom is -0.497 e. The van der Waals surface area contributed by atoms with Crippen molar-refractivity contribution in [2.45, 2.75) is 19.4 Å². The molecule has 3 aromatic rings. The summed E-state index contributed by atoms with van der Waals surface area (Å²) in [7, 11) is 1.62. The molecule has 152 valence electrons. The summed E-state index contributed by atoms with van der Waals surface area (Å²) in [6.45, 7) is 2.11. The lowest BCUT2D eigenvalue weighted by atomic mass is 10.1. The number of methoxy groups -OCH3 is 1. The van der Waals surface area contributed by atoms with E-state index in [2.05, 4.69) is 5.32 Å². The average molecular weight is 450 g/mol. The highest BCUT2D eigenvalue weighted by Gasteiger charge is 2.24. The van der Waals surface area contributed by atoms with Gasteiger partial charge in [0.05, 0.1) is 13.7 Å². The van der Waals surface area contributed by atoms with Gasteiger partial charge in [-0.15, -0.1) is 11.3 Å². The Hall–Kier alpha value is -2.21. The van der Waals surface area contributed by atoms with Gasteiger partial charge in [0.15, 0.2) is 6.04 Å². The van der Waals surface area contributed by atoms with Gasteiger partial charge < -0.3 is 14.8 Å². The molecule has 0 spiro atoms. The number of rotatable bonds is 8. The Kier molecular flexibility index (Phi) is 7.42. The number of hydrogen-bond acceptors (Lipinski definition) is 5. The first-order valence-electron chi connectivity index (χ1n) is 9.10. The van der Waals surface area contributed by atoms with Crippen LogP contribution in [-0.2, 0) is 16.0 Å². The lowest BCUT2D eigenvalue weighted by Gasteiger charge is -2.17. The maximum Gasteiger partial charge on any atom is 0.334 e. The Morgan fingerprint density at radius 1 is 1.10 bits per heavy atom. The maximum absolute atomic E-state index is 12.6. The second-order valence-corrected chi connectivity index (χ2v) is 8.32. The topological polar surface area (TPSA) is 47.6 Å². The normalized spacial score (nSPS) is 11.7. The molecule has 29 heavy (non-hydrogen) atoms. The van der Waals surface area contributed by atoms with Crippen LogP contribution in [0.3, 0.4) is 0 Å². The molecule has 1 N–H and O–H groups in total. The van der Waals surface area contributed by atoms with Crippen molar-refractivity contribution in [3.8, 4) is 5.75 Å². The van der Waals surface area contributed by atoms with Gasteiger partial charge in [-0.2, -0.15) is 0 Å². The van der Waals surface area contributed by atoms with E-state index < -0.39 is 6.04 Å². The first-order chi connectivity index (χ1) is 14.0. The first-order valence-corrected chi connectivity index (χ1v) is 10.7. The molecule has 0 radical (unpaired) electrons. The van der Waals surface area contributed by atoms with E-state index in [-0.39, 0.29) is 5.97 Å². The zero-order valence-corrected chi connectivity index (χ0v) is 18.4. The van der Waals surface area contributed by atoms with Gasteiger partial charge in [-0.25, -0.2) is 4.79 Å². The van der Waals surface area contributed by atoms with E-state index in [4.69, 9.17) is 32.7 Å². The van der Waals surface area contributed by atoms with Crippen LogP contribution in [0.5, 0.6) is 5.75 Å². The van der Waals surface area contributed by atoms with Crippen LogP contribution < -0.4 is 10.1 Å². The third-order valence-corrected chi connectivity index (χ3v) is 6.01. The molecule has 0 aliphatic rings. The molecule has 0 aliphatic heterocycles. The van der Waals surface area contributed by atoms with Crippen molar-refractivity contribution in [3.63, 3.8) is 0 Å². The third-order valence-electron chi connectivity index (χ3n) is 4.27. The third kappa shape index (κ3) is 5.66. The molecule has 0 bridgehead atoms. The van der Waals surface area contributed by atoms with Crippen LogP contribution in [0.25, 0.3) is 0 Å². The van der Waals surface area contributed by atoms with E-state index in [1.165, 1.54) is 0 Å².